The summed E-state index contributed by atoms with van der Waals surface area (Å²) in [5, 5.41) is 0. The van der Waals surface area contributed by atoms with E-state index in [4.69, 9.17) is 9.47 Å². The van der Waals surface area contributed by atoms with E-state index in [9.17, 15) is 14.4 Å². The molecule has 0 aromatic heterocycles. The number of ether oxygens (including phenoxy) is 3. The summed E-state index contributed by atoms with van der Waals surface area (Å²) in [5.74, 6) is -1.50. The molecule has 1 aliphatic heterocycles. The molecule has 148 valence electrons. The number of rotatable bonds is 7. The zero-order valence-corrected chi connectivity index (χ0v) is 17.4. The van der Waals surface area contributed by atoms with Crippen LogP contribution in [0, 0.1) is 0 Å². The van der Waals surface area contributed by atoms with Gasteiger partial charge in [0.05, 0.1) is 19.8 Å². The van der Waals surface area contributed by atoms with E-state index in [1.165, 1.54) is 14.2 Å². The standard InChI is InChI=1S/C21H21BrO6/c1-4-5-16-17(12-14(20(24)27-3)8-11-18(23)26-2)19(28-21(16)25)13-6-9-15(22)10-7-13/h4-7,9-10,12,19H,8,11H2,1-3H3/b5-4+,14-12+. The quantitative estimate of drug-likeness (QED) is 0.356. The number of cyclic esters (lactones) is 1. The van der Waals surface area contributed by atoms with Gasteiger partial charge in [-0.2, -0.15) is 0 Å². The predicted molar refractivity (Wildman–Crippen MR) is 106 cm³/mol. The number of benzene rings is 1. The van der Waals surface area contributed by atoms with E-state index in [0.29, 0.717) is 11.1 Å². The van der Waals surface area contributed by atoms with Crippen molar-refractivity contribution in [2.45, 2.75) is 25.9 Å². The Labute approximate surface area is 172 Å². The van der Waals surface area contributed by atoms with Crippen molar-refractivity contribution in [3.8, 4) is 0 Å². The first kappa shape index (κ1) is 21.6. The molecule has 0 spiro atoms. The number of esters is 3. The molecule has 0 fully saturated rings. The molecule has 1 aromatic rings. The Morgan fingerprint density at radius 2 is 1.82 bits per heavy atom. The van der Waals surface area contributed by atoms with Crippen molar-refractivity contribution in [1.29, 1.82) is 0 Å². The lowest BCUT2D eigenvalue weighted by molar-refractivity contribution is -0.141. The summed E-state index contributed by atoms with van der Waals surface area (Å²) in [4.78, 5) is 36.1. The normalized spacial score (nSPS) is 17.1. The van der Waals surface area contributed by atoms with Gasteiger partial charge >= 0.3 is 17.9 Å². The third kappa shape index (κ3) is 5.19. The number of carbonyl (C=O) groups excluding carboxylic acids is 3. The number of carbonyl (C=O) groups is 3. The van der Waals surface area contributed by atoms with Crippen molar-refractivity contribution in [2.24, 2.45) is 0 Å². The van der Waals surface area contributed by atoms with Crippen LogP contribution in [0.1, 0.15) is 31.4 Å². The van der Waals surface area contributed by atoms with Crippen molar-refractivity contribution < 1.29 is 28.6 Å². The molecule has 0 saturated heterocycles. The molecule has 0 saturated carbocycles. The van der Waals surface area contributed by atoms with E-state index in [2.05, 4.69) is 20.7 Å². The molecule has 1 aliphatic rings. The highest BCUT2D eigenvalue weighted by molar-refractivity contribution is 9.10. The van der Waals surface area contributed by atoms with Gasteiger partial charge in [-0.3, -0.25) is 4.79 Å². The van der Waals surface area contributed by atoms with Gasteiger partial charge in [-0.05, 0) is 37.1 Å². The van der Waals surface area contributed by atoms with Crippen molar-refractivity contribution in [3.63, 3.8) is 0 Å². The molecule has 7 heteroatoms. The zero-order chi connectivity index (χ0) is 20.7. The summed E-state index contributed by atoms with van der Waals surface area (Å²) < 4.78 is 15.9. The van der Waals surface area contributed by atoms with Crippen LogP contribution in [-0.4, -0.2) is 32.1 Å². The smallest absolute Gasteiger partial charge is 0.339 e. The number of hydrogen-bond acceptors (Lipinski definition) is 6. The molecule has 2 rings (SSSR count). The molecule has 1 aromatic carbocycles. The predicted octanol–water partition coefficient (Wildman–Crippen LogP) is 3.97. The van der Waals surface area contributed by atoms with Gasteiger partial charge in [0.2, 0.25) is 0 Å². The summed E-state index contributed by atoms with van der Waals surface area (Å²) in [6.45, 7) is 1.78. The second-order valence-electron chi connectivity index (χ2n) is 5.94. The van der Waals surface area contributed by atoms with Crippen LogP contribution in [0.25, 0.3) is 0 Å². The Morgan fingerprint density at radius 3 is 2.39 bits per heavy atom. The van der Waals surface area contributed by atoms with Gasteiger partial charge in [-0.15, -0.1) is 0 Å². The maximum atomic E-state index is 12.4. The third-order valence-electron chi connectivity index (χ3n) is 4.15. The third-order valence-corrected chi connectivity index (χ3v) is 4.68. The molecular formula is C21H21BrO6. The summed E-state index contributed by atoms with van der Waals surface area (Å²) in [6.07, 6.45) is 4.41. The van der Waals surface area contributed by atoms with Crippen molar-refractivity contribution in [1.82, 2.24) is 0 Å². The Hall–Kier alpha value is -2.67. The van der Waals surface area contributed by atoms with Crippen LogP contribution in [0.2, 0.25) is 0 Å². The van der Waals surface area contributed by atoms with Crippen LogP contribution < -0.4 is 0 Å². The second kappa shape index (κ2) is 10.0. The molecule has 0 bridgehead atoms. The molecular weight excluding hydrogens is 428 g/mol. The Morgan fingerprint density at radius 1 is 1.14 bits per heavy atom. The number of halogens is 1. The maximum absolute atomic E-state index is 12.4. The molecule has 6 nitrogen and oxygen atoms in total. The van der Waals surface area contributed by atoms with Gasteiger partial charge in [0.1, 0.15) is 0 Å². The minimum Gasteiger partial charge on any atom is -0.469 e. The lowest BCUT2D eigenvalue weighted by Crippen LogP contribution is -2.10. The fourth-order valence-electron chi connectivity index (χ4n) is 2.75. The number of hydrogen-bond donors (Lipinski definition) is 0. The highest BCUT2D eigenvalue weighted by atomic mass is 79.9. The van der Waals surface area contributed by atoms with Gasteiger partial charge in [0.15, 0.2) is 6.10 Å². The van der Waals surface area contributed by atoms with E-state index in [0.717, 1.165) is 10.0 Å². The van der Waals surface area contributed by atoms with Crippen LogP contribution in [0.3, 0.4) is 0 Å². The molecule has 28 heavy (non-hydrogen) atoms. The lowest BCUT2D eigenvalue weighted by atomic mass is 9.95. The van der Waals surface area contributed by atoms with Gasteiger partial charge in [0, 0.05) is 22.0 Å². The summed E-state index contributed by atoms with van der Waals surface area (Å²) in [7, 11) is 2.54. The Bertz CT molecular complexity index is 848. The molecule has 0 aliphatic carbocycles. The number of allylic oxidation sites excluding steroid dienone is 1. The zero-order valence-electron chi connectivity index (χ0n) is 15.9. The van der Waals surface area contributed by atoms with Gasteiger partial charge < -0.3 is 14.2 Å². The van der Waals surface area contributed by atoms with Crippen LogP contribution in [0.15, 0.2) is 63.7 Å². The summed E-state index contributed by atoms with van der Waals surface area (Å²) >= 11 is 3.38. The summed E-state index contributed by atoms with van der Waals surface area (Å²) in [6, 6.07) is 7.36. The van der Waals surface area contributed by atoms with E-state index in [-0.39, 0.29) is 18.4 Å². The van der Waals surface area contributed by atoms with Crippen molar-refractivity contribution >= 4 is 33.8 Å². The first-order valence-electron chi connectivity index (χ1n) is 8.60. The van der Waals surface area contributed by atoms with Crippen LogP contribution in [-0.2, 0) is 28.6 Å². The first-order valence-corrected chi connectivity index (χ1v) is 9.39. The number of methoxy groups -OCH3 is 2. The van der Waals surface area contributed by atoms with Gasteiger partial charge in [-0.25, -0.2) is 9.59 Å². The highest BCUT2D eigenvalue weighted by Crippen LogP contribution is 2.38. The second-order valence-corrected chi connectivity index (χ2v) is 6.86. The Kier molecular flexibility index (Phi) is 7.75. The van der Waals surface area contributed by atoms with E-state index >= 15 is 0 Å². The van der Waals surface area contributed by atoms with Crippen LogP contribution in [0.4, 0.5) is 0 Å². The molecule has 1 atom stereocenters. The Balaban J connectivity index is 2.51. The highest BCUT2D eigenvalue weighted by Gasteiger charge is 2.33. The maximum Gasteiger partial charge on any atom is 0.339 e. The van der Waals surface area contributed by atoms with Crippen LogP contribution in [0.5, 0.6) is 0 Å². The van der Waals surface area contributed by atoms with E-state index in [1.54, 1.807) is 25.2 Å². The fourth-order valence-corrected chi connectivity index (χ4v) is 3.02. The minimum absolute atomic E-state index is 0.0153. The van der Waals surface area contributed by atoms with Crippen molar-refractivity contribution in [3.05, 3.63) is 69.2 Å². The molecule has 0 radical (unpaired) electrons. The molecule has 0 amide bonds. The summed E-state index contributed by atoms with van der Waals surface area (Å²) in [5.41, 5.74) is 1.91. The first-order chi connectivity index (χ1) is 13.4. The molecule has 1 heterocycles. The van der Waals surface area contributed by atoms with Crippen LogP contribution >= 0.6 is 15.9 Å². The SMILES string of the molecule is C/C=C/C1=C(/C=C(\CCC(=O)OC)C(=O)OC)C(c2ccc(Br)cc2)OC1=O. The largest absolute Gasteiger partial charge is 0.469 e. The molecule has 0 N–H and O–H groups in total. The van der Waals surface area contributed by atoms with E-state index in [1.807, 2.05) is 24.3 Å². The van der Waals surface area contributed by atoms with Crippen molar-refractivity contribution in [2.75, 3.05) is 14.2 Å². The minimum atomic E-state index is -0.662. The van der Waals surface area contributed by atoms with Gasteiger partial charge in [0.25, 0.3) is 0 Å². The average molecular weight is 449 g/mol. The van der Waals surface area contributed by atoms with Gasteiger partial charge in [-0.1, -0.05) is 40.2 Å². The van der Waals surface area contributed by atoms with E-state index < -0.39 is 24.0 Å². The average Bonchev–Trinajstić information content (AvgIpc) is 3.00. The fraction of sp³-hybridized carbons (Fsp3) is 0.286. The topological polar surface area (TPSA) is 78.9 Å². The monoisotopic (exact) mass is 448 g/mol. The molecule has 1 unspecified atom stereocenters. The lowest BCUT2D eigenvalue weighted by Gasteiger charge is -2.14.